The maximum atomic E-state index is 14.0. The second-order valence-corrected chi connectivity index (χ2v) is 9.94. The van der Waals surface area contributed by atoms with E-state index >= 15 is 0 Å². The Kier molecular flexibility index (Phi) is 7.32. The van der Waals surface area contributed by atoms with Gasteiger partial charge in [0.15, 0.2) is 11.6 Å². The van der Waals surface area contributed by atoms with Crippen molar-refractivity contribution in [3.63, 3.8) is 0 Å². The maximum Gasteiger partial charge on any atom is 0.292 e. The summed E-state index contributed by atoms with van der Waals surface area (Å²) in [6, 6.07) is 30.0. The standard InChI is InChI=1S/C32H30FN3O3/c1-22-19-30(35-36(22)20-23-9-7-8-12-28(23)33)34-31(37)29-18-17-27(39-29)21-38-26-15-13-25(14-16-26)32(2,3)24-10-5-4-6-11-24/h4-19H,20-21H2,1-3H3,(H,34,35,37). The van der Waals surface area contributed by atoms with Crippen LogP contribution in [0.15, 0.2) is 101 Å². The third-order valence-electron chi connectivity index (χ3n) is 6.84. The van der Waals surface area contributed by atoms with Crippen molar-refractivity contribution < 1.29 is 18.3 Å². The molecule has 0 aliphatic rings. The zero-order valence-electron chi connectivity index (χ0n) is 22.1. The number of anilines is 1. The van der Waals surface area contributed by atoms with Crippen molar-refractivity contribution in [1.29, 1.82) is 0 Å². The van der Waals surface area contributed by atoms with Crippen LogP contribution in [0, 0.1) is 12.7 Å². The highest BCUT2D eigenvalue weighted by Crippen LogP contribution is 2.32. The van der Waals surface area contributed by atoms with E-state index in [1.54, 1.807) is 41.1 Å². The van der Waals surface area contributed by atoms with E-state index < -0.39 is 5.91 Å². The molecule has 0 spiro atoms. The first kappa shape index (κ1) is 26.0. The summed E-state index contributed by atoms with van der Waals surface area (Å²) < 4.78 is 27.2. The summed E-state index contributed by atoms with van der Waals surface area (Å²) in [4.78, 5) is 12.7. The van der Waals surface area contributed by atoms with Gasteiger partial charge in [-0.15, -0.1) is 0 Å². The molecule has 3 aromatic carbocycles. The van der Waals surface area contributed by atoms with E-state index in [-0.39, 0.29) is 30.1 Å². The molecule has 5 aromatic rings. The Morgan fingerprint density at radius 3 is 2.38 bits per heavy atom. The lowest BCUT2D eigenvalue weighted by Gasteiger charge is -2.26. The molecule has 0 saturated heterocycles. The van der Waals surface area contributed by atoms with Crippen LogP contribution in [-0.4, -0.2) is 15.7 Å². The molecule has 5 rings (SSSR count). The van der Waals surface area contributed by atoms with Crippen LogP contribution in [0.5, 0.6) is 5.75 Å². The molecule has 0 fully saturated rings. The smallest absolute Gasteiger partial charge is 0.292 e. The normalized spacial score (nSPS) is 11.4. The summed E-state index contributed by atoms with van der Waals surface area (Å²) in [6.07, 6.45) is 0. The Morgan fingerprint density at radius 2 is 1.64 bits per heavy atom. The molecule has 2 heterocycles. The third-order valence-corrected chi connectivity index (χ3v) is 6.84. The molecule has 39 heavy (non-hydrogen) atoms. The Morgan fingerprint density at radius 1 is 0.949 bits per heavy atom. The van der Waals surface area contributed by atoms with Crippen molar-refractivity contribution in [2.75, 3.05) is 5.32 Å². The summed E-state index contributed by atoms with van der Waals surface area (Å²) in [7, 11) is 0. The summed E-state index contributed by atoms with van der Waals surface area (Å²) in [6.45, 7) is 6.69. The molecule has 7 heteroatoms. The number of rotatable bonds is 9. The van der Waals surface area contributed by atoms with Gasteiger partial charge in [0.25, 0.3) is 5.91 Å². The highest BCUT2D eigenvalue weighted by molar-refractivity contribution is 6.01. The number of aromatic nitrogens is 2. The van der Waals surface area contributed by atoms with E-state index in [1.807, 2.05) is 37.3 Å². The number of aryl methyl sites for hydroxylation is 1. The number of hydrogen-bond acceptors (Lipinski definition) is 4. The van der Waals surface area contributed by atoms with Crippen LogP contribution >= 0.6 is 0 Å². The van der Waals surface area contributed by atoms with Gasteiger partial charge >= 0.3 is 0 Å². The molecule has 1 N–H and O–H groups in total. The van der Waals surface area contributed by atoms with E-state index in [4.69, 9.17) is 9.15 Å². The number of benzene rings is 3. The number of carbonyl (C=O) groups is 1. The largest absolute Gasteiger partial charge is 0.486 e. The van der Waals surface area contributed by atoms with Gasteiger partial charge < -0.3 is 14.5 Å². The molecule has 1 amide bonds. The monoisotopic (exact) mass is 523 g/mol. The van der Waals surface area contributed by atoms with Gasteiger partial charge in [0, 0.05) is 22.7 Å². The van der Waals surface area contributed by atoms with E-state index in [2.05, 4.69) is 48.5 Å². The number of carbonyl (C=O) groups excluding carboxylic acids is 1. The number of amides is 1. The van der Waals surface area contributed by atoms with E-state index in [9.17, 15) is 9.18 Å². The van der Waals surface area contributed by atoms with Crippen LogP contribution in [0.25, 0.3) is 0 Å². The van der Waals surface area contributed by atoms with Crippen LogP contribution in [-0.2, 0) is 18.6 Å². The maximum absolute atomic E-state index is 14.0. The predicted octanol–water partition coefficient (Wildman–Crippen LogP) is 7.13. The lowest BCUT2D eigenvalue weighted by Crippen LogP contribution is -2.18. The fraction of sp³-hybridized carbons (Fsp3) is 0.188. The lowest BCUT2D eigenvalue weighted by molar-refractivity contribution is 0.0992. The molecule has 0 atom stereocenters. The number of nitrogens with zero attached hydrogens (tertiary/aromatic N) is 2. The molecule has 2 aromatic heterocycles. The molecular weight excluding hydrogens is 493 g/mol. The zero-order valence-corrected chi connectivity index (χ0v) is 22.1. The van der Waals surface area contributed by atoms with E-state index in [1.165, 1.54) is 17.2 Å². The Hall–Kier alpha value is -4.65. The van der Waals surface area contributed by atoms with Crippen LogP contribution in [0.2, 0.25) is 0 Å². The van der Waals surface area contributed by atoms with E-state index in [0.717, 1.165) is 5.69 Å². The minimum atomic E-state index is -0.427. The second kappa shape index (κ2) is 11.0. The number of ether oxygens (including phenoxy) is 1. The molecule has 0 bridgehead atoms. The predicted molar refractivity (Wildman–Crippen MR) is 148 cm³/mol. The minimum absolute atomic E-state index is 0.130. The molecule has 198 valence electrons. The average molecular weight is 524 g/mol. The number of nitrogens with one attached hydrogen (secondary N) is 1. The Bertz CT molecular complexity index is 1570. The first-order valence-corrected chi connectivity index (χ1v) is 12.8. The first-order valence-electron chi connectivity index (χ1n) is 12.8. The highest BCUT2D eigenvalue weighted by atomic mass is 19.1. The van der Waals surface area contributed by atoms with Crippen molar-refractivity contribution >= 4 is 11.7 Å². The Labute approximate surface area is 227 Å². The number of halogens is 1. The van der Waals surface area contributed by atoms with Gasteiger partial charge in [0.2, 0.25) is 0 Å². The molecule has 6 nitrogen and oxygen atoms in total. The quantitative estimate of drug-likeness (QED) is 0.223. The van der Waals surface area contributed by atoms with Crippen LogP contribution in [0.4, 0.5) is 10.2 Å². The second-order valence-electron chi connectivity index (χ2n) is 9.94. The zero-order chi connectivity index (χ0) is 27.4. The summed E-state index contributed by atoms with van der Waals surface area (Å²) >= 11 is 0. The number of furan rings is 1. The van der Waals surface area contributed by atoms with E-state index in [0.29, 0.717) is 22.9 Å². The summed E-state index contributed by atoms with van der Waals surface area (Å²) in [5.41, 5.74) is 3.61. The fourth-order valence-electron chi connectivity index (χ4n) is 4.42. The molecular formula is C32H30FN3O3. The fourth-order valence-corrected chi connectivity index (χ4v) is 4.42. The lowest BCUT2D eigenvalue weighted by atomic mass is 9.78. The van der Waals surface area contributed by atoms with Gasteiger partial charge in [0.05, 0.1) is 6.54 Å². The van der Waals surface area contributed by atoms with Crippen LogP contribution < -0.4 is 10.1 Å². The van der Waals surface area contributed by atoms with Gasteiger partial charge in [0.1, 0.15) is 23.9 Å². The summed E-state index contributed by atoms with van der Waals surface area (Å²) in [5.74, 6) is 1.02. The first-order chi connectivity index (χ1) is 18.8. The van der Waals surface area contributed by atoms with Gasteiger partial charge in [-0.25, -0.2) is 4.39 Å². The molecule has 0 saturated carbocycles. The molecule has 0 aliphatic carbocycles. The highest BCUT2D eigenvalue weighted by Gasteiger charge is 2.22. The SMILES string of the molecule is Cc1cc(NC(=O)c2ccc(COc3ccc(C(C)(C)c4ccccc4)cc3)o2)nn1Cc1ccccc1F. The molecule has 0 radical (unpaired) electrons. The Balaban J connectivity index is 1.17. The minimum Gasteiger partial charge on any atom is -0.486 e. The number of hydrogen-bond donors (Lipinski definition) is 1. The average Bonchev–Trinajstić information content (AvgIpc) is 3.56. The van der Waals surface area contributed by atoms with Crippen molar-refractivity contribution in [1.82, 2.24) is 9.78 Å². The van der Waals surface area contributed by atoms with Gasteiger partial charge in [-0.3, -0.25) is 9.48 Å². The van der Waals surface area contributed by atoms with Crippen LogP contribution in [0.1, 0.15) is 52.5 Å². The van der Waals surface area contributed by atoms with Gasteiger partial charge in [-0.2, -0.15) is 5.10 Å². The molecule has 0 aliphatic heterocycles. The van der Waals surface area contributed by atoms with Crippen molar-refractivity contribution in [3.05, 3.63) is 137 Å². The van der Waals surface area contributed by atoms with Crippen LogP contribution in [0.3, 0.4) is 0 Å². The third kappa shape index (κ3) is 5.93. The van der Waals surface area contributed by atoms with Gasteiger partial charge in [-0.05, 0) is 48.4 Å². The van der Waals surface area contributed by atoms with Crippen molar-refractivity contribution in [2.24, 2.45) is 0 Å². The van der Waals surface area contributed by atoms with Gasteiger partial charge in [-0.1, -0.05) is 74.5 Å². The molecule has 0 unspecified atom stereocenters. The van der Waals surface area contributed by atoms with Crippen molar-refractivity contribution in [3.8, 4) is 5.75 Å². The van der Waals surface area contributed by atoms with Crippen molar-refractivity contribution in [2.45, 2.75) is 39.3 Å². The summed E-state index contributed by atoms with van der Waals surface area (Å²) in [5, 5.41) is 7.13. The topological polar surface area (TPSA) is 69.3 Å².